The highest BCUT2D eigenvalue weighted by atomic mass is 15.0. The molecule has 1 fully saturated rings. The molecule has 0 saturated heterocycles. The Morgan fingerprint density at radius 2 is 2.06 bits per heavy atom. The van der Waals surface area contributed by atoms with E-state index in [9.17, 15) is 0 Å². The summed E-state index contributed by atoms with van der Waals surface area (Å²) in [6.07, 6.45) is 10.2. The Morgan fingerprint density at radius 3 is 2.88 bits per heavy atom. The van der Waals surface area contributed by atoms with Crippen LogP contribution in [0.1, 0.15) is 44.7 Å². The fourth-order valence-corrected chi connectivity index (χ4v) is 2.37. The first kappa shape index (κ1) is 11.4. The van der Waals surface area contributed by atoms with Crippen LogP contribution >= 0.6 is 0 Å². The molecule has 0 spiro atoms. The van der Waals surface area contributed by atoms with Crippen LogP contribution < -0.4 is 5.32 Å². The number of nitrogens with one attached hydrogen (secondary N) is 1. The van der Waals surface area contributed by atoms with E-state index in [-0.39, 0.29) is 0 Å². The van der Waals surface area contributed by atoms with Gasteiger partial charge in [-0.1, -0.05) is 19.8 Å². The highest BCUT2D eigenvalue weighted by molar-refractivity contribution is 5.32. The van der Waals surface area contributed by atoms with E-state index < -0.39 is 0 Å². The van der Waals surface area contributed by atoms with Gasteiger partial charge in [0.2, 0.25) is 0 Å². The van der Waals surface area contributed by atoms with Crippen molar-refractivity contribution in [1.82, 2.24) is 9.97 Å². The molecule has 3 heteroatoms. The molecule has 16 heavy (non-hydrogen) atoms. The third-order valence-corrected chi connectivity index (χ3v) is 3.36. The van der Waals surface area contributed by atoms with Crippen molar-refractivity contribution >= 4 is 5.82 Å². The molecule has 0 amide bonds. The minimum absolute atomic E-state index is 0.584. The Balaban J connectivity index is 1.93. The monoisotopic (exact) mass is 219 g/mol. The maximum atomic E-state index is 4.44. The van der Waals surface area contributed by atoms with Crippen molar-refractivity contribution in [2.45, 2.75) is 52.0 Å². The van der Waals surface area contributed by atoms with Crippen LogP contribution in [0.3, 0.4) is 0 Å². The maximum absolute atomic E-state index is 4.44. The van der Waals surface area contributed by atoms with E-state index in [0.29, 0.717) is 6.04 Å². The van der Waals surface area contributed by atoms with Crippen molar-refractivity contribution < 1.29 is 0 Å². The van der Waals surface area contributed by atoms with Crippen LogP contribution in [-0.2, 0) is 0 Å². The fraction of sp³-hybridized carbons (Fsp3) is 0.692. The molecule has 0 aliphatic heterocycles. The summed E-state index contributed by atoms with van der Waals surface area (Å²) in [4.78, 5) is 8.61. The number of rotatable bonds is 2. The largest absolute Gasteiger partial charge is 0.366 e. The van der Waals surface area contributed by atoms with Crippen molar-refractivity contribution in [3.63, 3.8) is 0 Å². The predicted molar refractivity (Wildman–Crippen MR) is 66.4 cm³/mol. The molecular formula is C13H21N3. The fourth-order valence-electron chi connectivity index (χ4n) is 2.37. The van der Waals surface area contributed by atoms with Crippen LogP contribution in [-0.4, -0.2) is 16.0 Å². The van der Waals surface area contributed by atoms with E-state index in [0.717, 1.165) is 17.4 Å². The van der Waals surface area contributed by atoms with Crippen LogP contribution in [0.4, 0.5) is 5.82 Å². The van der Waals surface area contributed by atoms with Gasteiger partial charge in [-0.25, -0.2) is 4.98 Å². The minimum Gasteiger partial charge on any atom is -0.366 e. The van der Waals surface area contributed by atoms with Crippen molar-refractivity contribution in [2.75, 3.05) is 5.32 Å². The molecule has 2 rings (SSSR count). The van der Waals surface area contributed by atoms with Gasteiger partial charge in [-0.3, -0.25) is 4.98 Å². The molecule has 1 aliphatic rings. The molecule has 0 aromatic carbocycles. The first-order valence-electron chi connectivity index (χ1n) is 6.29. The zero-order valence-corrected chi connectivity index (χ0v) is 10.2. The van der Waals surface area contributed by atoms with Crippen LogP contribution in [0, 0.1) is 12.8 Å². The quantitative estimate of drug-likeness (QED) is 0.776. The van der Waals surface area contributed by atoms with Gasteiger partial charge in [-0.2, -0.15) is 0 Å². The van der Waals surface area contributed by atoms with E-state index >= 15 is 0 Å². The molecule has 1 saturated carbocycles. The number of aromatic nitrogens is 2. The van der Waals surface area contributed by atoms with Gasteiger partial charge >= 0.3 is 0 Å². The maximum Gasteiger partial charge on any atom is 0.145 e. The second kappa shape index (κ2) is 5.28. The lowest BCUT2D eigenvalue weighted by Gasteiger charge is -2.16. The topological polar surface area (TPSA) is 37.8 Å². The summed E-state index contributed by atoms with van der Waals surface area (Å²) in [6.45, 7) is 4.34. The summed E-state index contributed by atoms with van der Waals surface area (Å²) >= 11 is 0. The average Bonchev–Trinajstić information content (AvgIpc) is 2.44. The standard InChI is InChI=1S/C13H21N3/c1-10-4-3-5-12(7-6-10)16-13-9-14-8-11(2)15-13/h8-10,12H,3-7H2,1-2H3,(H,15,16). The van der Waals surface area contributed by atoms with Gasteiger partial charge in [-0.05, 0) is 32.1 Å². The van der Waals surface area contributed by atoms with E-state index in [1.807, 2.05) is 13.1 Å². The van der Waals surface area contributed by atoms with Gasteiger partial charge in [0.15, 0.2) is 0 Å². The van der Waals surface area contributed by atoms with E-state index in [1.165, 1.54) is 32.1 Å². The molecule has 88 valence electrons. The van der Waals surface area contributed by atoms with Crippen LogP contribution in [0.15, 0.2) is 12.4 Å². The Morgan fingerprint density at radius 1 is 1.19 bits per heavy atom. The van der Waals surface area contributed by atoms with Gasteiger partial charge in [0.1, 0.15) is 5.82 Å². The lowest BCUT2D eigenvalue weighted by Crippen LogP contribution is -2.19. The second-order valence-corrected chi connectivity index (χ2v) is 5.00. The molecule has 2 unspecified atom stereocenters. The number of hydrogen-bond donors (Lipinski definition) is 1. The summed E-state index contributed by atoms with van der Waals surface area (Å²) in [5.74, 6) is 1.81. The van der Waals surface area contributed by atoms with Gasteiger partial charge in [-0.15, -0.1) is 0 Å². The normalized spacial score (nSPS) is 26.1. The third-order valence-electron chi connectivity index (χ3n) is 3.36. The molecule has 1 aliphatic carbocycles. The molecule has 0 radical (unpaired) electrons. The van der Waals surface area contributed by atoms with Crippen LogP contribution in [0.5, 0.6) is 0 Å². The summed E-state index contributed by atoms with van der Waals surface area (Å²) < 4.78 is 0. The SMILES string of the molecule is Cc1cncc(NC2CCCC(C)CC2)n1. The number of anilines is 1. The molecule has 1 heterocycles. The summed E-state index contributed by atoms with van der Waals surface area (Å²) in [6, 6.07) is 0.584. The molecule has 1 N–H and O–H groups in total. The van der Waals surface area contributed by atoms with E-state index in [2.05, 4.69) is 22.2 Å². The molecule has 2 atom stereocenters. The molecular weight excluding hydrogens is 198 g/mol. The Kier molecular flexibility index (Phi) is 3.75. The van der Waals surface area contributed by atoms with E-state index in [4.69, 9.17) is 0 Å². The van der Waals surface area contributed by atoms with Crippen molar-refractivity contribution in [2.24, 2.45) is 5.92 Å². The van der Waals surface area contributed by atoms with Gasteiger partial charge in [0, 0.05) is 12.2 Å². The Bertz CT molecular complexity index is 338. The smallest absolute Gasteiger partial charge is 0.145 e. The molecule has 1 aromatic rings. The Hall–Kier alpha value is -1.12. The number of hydrogen-bond acceptors (Lipinski definition) is 3. The zero-order valence-electron chi connectivity index (χ0n) is 10.2. The van der Waals surface area contributed by atoms with Gasteiger partial charge in [0.05, 0.1) is 11.9 Å². The minimum atomic E-state index is 0.584. The summed E-state index contributed by atoms with van der Waals surface area (Å²) in [7, 11) is 0. The van der Waals surface area contributed by atoms with Crippen molar-refractivity contribution in [3.05, 3.63) is 18.1 Å². The molecule has 1 aromatic heterocycles. The third kappa shape index (κ3) is 3.19. The lowest BCUT2D eigenvalue weighted by atomic mass is 10.0. The summed E-state index contributed by atoms with van der Waals surface area (Å²) in [5.41, 5.74) is 0.979. The van der Waals surface area contributed by atoms with Gasteiger partial charge < -0.3 is 5.32 Å². The first-order chi connectivity index (χ1) is 7.74. The molecule has 0 bridgehead atoms. The highest BCUT2D eigenvalue weighted by Gasteiger charge is 2.16. The van der Waals surface area contributed by atoms with Crippen LogP contribution in [0.2, 0.25) is 0 Å². The number of nitrogens with zero attached hydrogens (tertiary/aromatic N) is 2. The second-order valence-electron chi connectivity index (χ2n) is 5.00. The first-order valence-corrected chi connectivity index (χ1v) is 6.29. The van der Waals surface area contributed by atoms with Crippen LogP contribution in [0.25, 0.3) is 0 Å². The van der Waals surface area contributed by atoms with E-state index in [1.54, 1.807) is 6.20 Å². The highest BCUT2D eigenvalue weighted by Crippen LogP contribution is 2.24. The average molecular weight is 219 g/mol. The van der Waals surface area contributed by atoms with Gasteiger partial charge in [0.25, 0.3) is 0 Å². The predicted octanol–water partition coefficient (Wildman–Crippen LogP) is 3.17. The zero-order chi connectivity index (χ0) is 11.4. The Labute approximate surface area is 97.7 Å². The lowest BCUT2D eigenvalue weighted by molar-refractivity contribution is 0.502. The summed E-state index contributed by atoms with van der Waals surface area (Å²) in [5, 5.41) is 3.51. The van der Waals surface area contributed by atoms with Crippen molar-refractivity contribution in [3.8, 4) is 0 Å². The molecule has 3 nitrogen and oxygen atoms in total. The van der Waals surface area contributed by atoms with Crippen molar-refractivity contribution in [1.29, 1.82) is 0 Å². The number of aryl methyl sites for hydroxylation is 1.